The number of para-hydroxylation sites is 2. The summed E-state index contributed by atoms with van der Waals surface area (Å²) in [6, 6.07) is 40.2. The largest absolute Gasteiger partial charge is 0.489 e. The topological polar surface area (TPSA) is 95.1 Å². The van der Waals surface area contributed by atoms with Gasteiger partial charge in [-0.3, -0.25) is 14.6 Å². The number of aryl methyl sites for hydroxylation is 1. The second-order valence-corrected chi connectivity index (χ2v) is 11.9. The summed E-state index contributed by atoms with van der Waals surface area (Å²) >= 11 is 0. The molecule has 1 fully saturated rings. The van der Waals surface area contributed by atoms with Gasteiger partial charge in [0.25, 0.3) is 11.8 Å². The maximum absolute atomic E-state index is 14.3. The fourth-order valence-corrected chi connectivity index (χ4v) is 6.08. The molecule has 1 aliphatic heterocycles. The Kier molecular flexibility index (Phi) is 8.84. The van der Waals surface area contributed by atoms with Crippen molar-refractivity contribution < 1.29 is 19.1 Å². The number of urea groups is 1. The minimum Gasteiger partial charge on any atom is -0.489 e. The first-order valence-electron chi connectivity index (χ1n) is 16.2. The molecule has 0 radical (unpaired) electrons. The maximum atomic E-state index is 14.3. The molecule has 8 heteroatoms. The Morgan fingerprint density at radius 2 is 1.33 bits per heavy atom. The second-order valence-electron chi connectivity index (χ2n) is 11.9. The minimum atomic E-state index is -1.35. The first kappa shape index (κ1) is 31.3. The standard InChI is InChI=1S/C41H34N4O4/c1-28-17-19-30(20-18-28)38(42-24-23-31-26-43-36-22-21-34(25-35(31)36)49-27-29-11-5-2-6-12-29)37-39(46)44(32-13-7-3-8-14-32)41(48)45(40(37)47)33-15-9-4-10-16-33/h2-22,25-26,37,43H,23-24,27H2,1H3. The van der Waals surface area contributed by atoms with Gasteiger partial charge in [0, 0.05) is 23.6 Å². The number of aromatic nitrogens is 1. The van der Waals surface area contributed by atoms with Gasteiger partial charge in [-0.2, -0.15) is 0 Å². The van der Waals surface area contributed by atoms with E-state index in [0.717, 1.165) is 43.1 Å². The average molecular weight is 647 g/mol. The zero-order valence-electron chi connectivity index (χ0n) is 27.0. The molecule has 1 aromatic heterocycles. The van der Waals surface area contributed by atoms with Gasteiger partial charge in [-0.1, -0.05) is 96.6 Å². The molecular formula is C41H34N4O4. The SMILES string of the molecule is Cc1ccc(C(=NCCc2c[nH]c3ccc(OCc4ccccc4)cc23)C2C(=O)N(c3ccccc3)C(=O)N(c3ccccc3)C2=O)cc1. The second kappa shape index (κ2) is 13.8. The van der Waals surface area contributed by atoms with Crippen LogP contribution in [0.1, 0.15) is 22.3 Å². The number of fused-ring (bicyclic) bond motifs is 1. The van der Waals surface area contributed by atoms with Crippen LogP contribution >= 0.6 is 0 Å². The minimum absolute atomic E-state index is 0.299. The molecule has 0 saturated carbocycles. The van der Waals surface area contributed by atoms with E-state index in [1.165, 1.54) is 0 Å². The fraction of sp³-hybridized carbons (Fsp3) is 0.122. The van der Waals surface area contributed by atoms with Crippen molar-refractivity contribution in [3.8, 4) is 5.75 Å². The molecule has 1 saturated heterocycles. The predicted octanol–water partition coefficient (Wildman–Crippen LogP) is 7.90. The highest BCUT2D eigenvalue weighted by atomic mass is 16.5. The number of hydrogen-bond acceptors (Lipinski definition) is 5. The molecule has 0 bridgehead atoms. The van der Waals surface area contributed by atoms with Gasteiger partial charge in [-0.15, -0.1) is 0 Å². The van der Waals surface area contributed by atoms with Crippen molar-refractivity contribution in [2.24, 2.45) is 10.9 Å². The fourth-order valence-electron chi connectivity index (χ4n) is 6.08. The van der Waals surface area contributed by atoms with Crippen LogP contribution in [0, 0.1) is 12.8 Å². The third-order valence-electron chi connectivity index (χ3n) is 8.62. The summed E-state index contributed by atoms with van der Waals surface area (Å²) in [6.07, 6.45) is 2.49. The summed E-state index contributed by atoms with van der Waals surface area (Å²) in [6.45, 7) is 2.73. The Bertz CT molecular complexity index is 2080. The number of aromatic amines is 1. The molecule has 242 valence electrons. The van der Waals surface area contributed by atoms with Crippen LogP contribution in [0.15, 0.2) is 145 Å². The quantitative estimate of drug-likeness (QED) is 0.121. The highest BCUT2D eigenvalue weighted by Crippen LogP contribution is 2.31. The molecular weight excluding hydrogens is 612 g/mol. The Labute approximate surface area is 284 Å². The number of nitrogens with zero attached hydrogens (tertiary/aromatic N) is 3. The lowest BCUT2D eigenvalue weighted by Gasteiger charge is -2.37. The number of carbonyl (C=O) groups excluding carboxylic acids is 3. The molecule has 0 aliphatic carbocycles. The number of rotatable bonds is 10. The van der Waals surface area contributed by atoms with Crippen molar-refractivity contribution in [1.29, 1.82) is 0 Å². The third kappa shape index (κ3) is 6.49. The zero-order chi connectivity index (χ0) is 33.7. The highest BCUT2D eigenvalue weighted by Gasteiger charge is 2.49. The molecule has 1 aliphatic rings. The number of benzene rings is 5. The van der Waals surface area contributed by atoms with Gasteiger partial charge in [0.1, 0.15) is 12.4 Å². The van der Waals surface area contributed by atoms with Gasteiger partial charge in [0.2, 0.25) is 0 Å². The van der Waals surface area contributed by atoms with E-state index in [2.05, 4.69) is 4.98 Å². The molecule has 1 N–H and O–H groups in total. The number of ether oxygens (including phenoxy) is 1. The summed E-state index contributed by atoms with van der Waals surface area (Å²) in [5.74, 6) is -1.87. The van der Waals surface area contributed by atoms with Gasteiger partial charge in [-0.05, 0) is 72.5 Å². The lowest BCUT2D eigenvalue weighted by molar-refractivity contribution is -0.129. The summed E-state index contributed by atoms with van der Waals surface area (Å²) in [5.41, 5.74) is 5.82. The van der Waals surface area contributed by atoms with Gasteiger partial charge in [0.15, 0.2) is 5.92 Å². The predicted molar refractivity (Wildman–Crippen MR) is 192 cm³/mol. The Morgan fingerprint density at radius 3 is 1.94 bits per heavy atom. The molecule has 2 heterocycles. The van der Waals surface area contributed by atoms with Crippen LogP contribution in [0.4, 0.5) is 16.2 Å². The van der Waals surface area contributed by atoms with Crippen LogP contribution in [0.5, 0.6) is 5.75 Å². The van der Waals surface area contributed by atoms with E-state index in [-0.39, 0.29) is 0 Å². The summed E-state index contributed by atoms with van der Waals surface area (Å²) in [5, 5.41) is 1.01. The van der Waals surface area contributed by atoms with E-state index in [1.54, 1.807) is 48.5 Å². The molecule has 0 spiro atoms. The maximum Gasteiger partial charge on any atom is 0.342 e. The Balaban J connectivity index is 1.23. The van der Waals surface area contributed by atoms with Crippen LogP contribution in [0.2, 0.25) is 0 Å². The number of hydrogen-bond donors (Lipinski definition) is 1. The van der Waals surface area contributed by atoms with Gasteiger partial charge in [-0.25, -0.2) is 14.6 Å². The van der Waals surface area contributed by atoms with Crippen molar-refractivity contribution in [3.05, 3.63) is 162 Å². The molecule has 5 aromatic carbocycles. The van der Waals surface area contributed by atoms with Gasteiger partial charge in [0.05, 0.1) is 17.1 Å². The lowest BCUT2D eigenvalue weighted by Crippen LogP contribution is -2.62. The number of barbiturate groups is 1. The van der Waals surface area contributed by atoms with Crippen LogP contribution in [-0.4, -0.2) is 35.1 Å². The summed E-state index contributed by atoms with van der Waals surface area (Å²) in [4.78, 5) is 53.0. The van der Waals surface area contributed by atoms with E-state index in [0.29, 0.717) is 42.2 Å². The number of carbonyl (C=O) groups is 3. The first-order chi connectivity index (χ1) is 24.0. The van der Waals surface area contributed by atoms with Crippen LogP contribution in [-0.2, 0) is 22.6 Å². The third-order valence-corrected chi connectivity index (χ3v) is 8.62. The number of nitrogens with one attached hydrogen (secondary N) is 1. The van der Waals surface area contributed by atoms with Crippen molar-refractivity contribution in [3.63, 3.8) is 0 Å². The molecule has 8 nitrogen and oxygen atoms in total. The molecule has 49 heavy (non-hydrogen) atoms. The number of imide groups is 2. The number of anilines is 2. The van der Waals surface area contributed by atoms with Gasteiger partial charge < -0.3 is 9.72 Å². The lowest BCUT2D eigenvalue weighted by atomic mass is 9.91. The first-order valence-corrected chi connectivity index (χ1v) is 16.2. The number of H-pyrrole nitrogens is 1. The smallest absolute Gasteiger partial charge is 0.342 e. The molecule has 0 unspecified atom stereocenters. The normalized spacial score (nSPS) is 14.1. The van der Waals surface area contributed by atoms with E-state index < -0.39 is 23.8 Å². The Morgan fingerprint density at radius 1 is 0.735 bits per heavy atom. The van der Waals surface area contributed by atoms with Crippen LogP contribution in [0.3, 0.4) is 0 Å². The van der Waals surface area contributed by atoms with Crippen molar-refractivity contribution in [1.82, 2.24) is 4.98 Å². The van der Waals surface area contributed by atoms with E-state index in [1.807, 2.05) is 98.0 Å². The van der Waals surface area contributed by atoms with E-state index in [4.69, 9.17) is 9.73 Å². The summed E-state index contributed by atoms with van der Waals surface area (Å²) in [7, 11) is 0. The van der Waals surface area contributed by atoms with Crippen LogP contribution < -0.4 is 14.5 Å². The number of aliphatic imine (C=N–C) groups is 1. The monoisotopic (exact) mass is 646 g/mol. The van der Waals surface area contributed by atoms with Crippen molar-refractivity contribution >= 4 is 45.8 Å². The zero-order valence-corrected chi connectivity index (χ0v) is 27.0. The number of amides is 4. The summed E-state index contributed by atoms with van der Waals surface area (Å²) < 4.78 is 6.09. The molecule has 0 atom stereocenters. The highest BCUT2D eigenvalue weighted by molar-refractivity contribution is 6.43. The average Bonchev–Trinajstić information content (AvgIpc) is 3.54. The Hall–Kier alpha value is -6.28. The molecule has 6 aromatic rings. The van der Waals surface area contributed by atoms with E-state index in [9.17, 15) is 14.4 Å². The molecule has 4 amide bonds. The van der Waals surface area contributed by atoms with Crippen molar-refractivity contribution in [2.75, 3.05) is 16.3 Å². The van der Waals surface area contributed by atoms with Crippen molar-refractivity contribution in [2.45, 2.75) is 20.0 Å². The van der Waals surface area contributed by atoms with Crippen LogP contribution in [0.25, 0.3) is 10.9 Å². The molecule has 7 rings (SSSR count). The van der Waals surface area contributed by atoms with E-state index >= 15 is 0 Å². The van der Waals surface area contributed by atoms with Gasteiger partial charge >= 0.3 is 6.03 Å².